The van der Waals surface area contributed by atoms with Crippen LogP contribution < -0.4 is 15.8 Å². The van der Waals surface area contributed by atoms with Crippen LogP contribution in [0, 0.1) is 6.92 Å². The number of aromatic nitrogens is 1. The lowest BCUT2D eigenvalue weighted by atomic mass is 10.2. The van der Waals surface area contributed by atoms with Crippen molar-refractivity contribution >= 4 is 22.7 Å². The molecule has 3 N–H and O–H groups in total. The van der Waals surface area contributed by atoms with Gasteiger partial charge in [-0.15, -0.1) is 11.3 Å². The molecule has 90 valence electrons. The van der Waals surface area contributed by atoms with Crippen LogP contribution in [-0.4, -0.2) is 12.1 Å². The van der Waals surface area contributed by atoms with Gasteiger partial charge in [0.2, 0.25) is 0 Å². The molecule has 0 aliphatic heterocycles. The highest BCUT2D eigenvalue weighted by Crippen LogP contribution is 2.25. The van der Waals surface area contributed by atoms with Gasteiger partial charge in [0, 0.05) is 22.8 Å². The van der Waals surface area contributed by atoms with Crippen molar-refractivity contribution in [1.29, 1.82) is 0 Å². The highest BCUT2D eigenvalue weighted by molar-refractivity contribution is 7.09. The van der Waals surface area contributed by atoms with Crippen LogP contribution in [0.4, 0.5) is 11.4 Å². The topological polar surface area (TPSA) is 60.2 Å². The third-order valence-electron chi connectivity index (χ3n) is 2.34. The van der Waals surface area contributed by atoms with Crippen LogP contribution in [0.5, 0.6) is 5.75 Å². The maximum Gasteiger partial charge on any atom is 0.143 e. The van der Waals surface area contributed by atoms with Crippen molar-refractivity contribution in [1.82, 2.24) is 4.98 Å². The molecular formula is C12H15N3OS. The van der Waals surface area contributed by atoms with E-state index in [-0.39, 0.29) is 0 Å². The Hall–Kier alpha value is -1.75. The zero-order chi connectivity index (χ0) is 12.3. The maximum atomic E-state index is 5.75. The van der Waals surface area contributed by atoms with E-state index in [1.807, 2.05) is 30.5 Å². The molecule has 0 aliphatic rings. The first-order chi connectivity index (χ1) is 8.19. The van der Waals surface area contributed by atoms with Gasteiger partial charge in [-0.2, -0.15) is 0 Å². The highest BCUT2D eigenvalue weighted by atomic mass is 32.1. The fourth-order valence-electron chi connectivity index (χ4n) is 1.48. The summed E-state index contributed by atoms with van der Waals surface area (Å²) in [5.41, 5.74) is 8.42. The number of hydrogen-bond donors (Lipinski definition) is 2. The van der Waals surface area contributed by atoms with Crippen molar-refractivity contribution in [2.75, 3.05) is 18.2 Å². The van der Waals surface area contributed by atoms with Gasteiger partial charge in [-0.3, -0.25) is 0 Å². The van der Waals surface area contributed by atoms with Crippen LogP contribution in [0.1, 0.15) is 10.7 Å². The smallest absolute Gasteiger partial charge is 0.143 e. The number of thiazole rings is 1. The predicted molar refractivity (Wildman–Crippen MR) is 71.6 cm³/mol. The molecule has 0 fully saturated rings. The number of nitrogen functional groups attached to an aromatic ring is 1. The zero-order valence-corrected chi connectivity index (χ0v) is 10.7. The number of methoxy groups -OCH3 is 1. The molecule has 0 atom stereocenters. The molecule has 0 amide bonds. The molecule has 0 unspecified atom stereocenters. The number of nitrogens with zero attached hydrogens (tertiary/aromatic N) is 1. The van der Waals surface area contributed by atoms with Gasteiger partial charge in [-0.25, -0.2) is 4.98 Å². The lowest BCUT2D eigenvalue weighted by molar-refractivity contribution is 0.417. The molecule has 2 rings (SSSR count). The largest absolute Gasteiger partial charge is 0.495 e. The fourth-order valence-corrected chi connectivity index (χ4v) is 2.19. The fraction of sp³-hybridized carbons (Fsp3) is 0.250. The number of anilines is 2. The summed E-state index contributed by atoms with van der Waals surface area (Å²) in [5, 5.41) is 6.40. The molecule has 17 heavy (non-hydrogen) atoms. The normalized spacial score (nSPS) is 10.2. The summed E-state index contributed by atoms with van der Waals surface area (Å²) in [6.07, 6.45) is 0. The van der Waals surface area contributed by atoms with Crippen molar-refractivity contribution < 1.29 is 4.74 Å². The molecule has 1 heterocycles. The molecular weight excluding hydrogens is 234 g/mol. The Morgan fingerprint density at radius 2 is 2.29 bits per heavy atom. The van der Waals surface area contributed by atoms with E-state index >= 15 is 0 Å². The van der Waals surface area contributed by atoms with E-state index in [1.165, 1.54) is 0 Å². The Bertz CT molecular complexity index is 510. The number of hydrogen-bond acceptors (Lipinski definition) is 5. The first-order valence-corrected chi connectivity index (χ1v) is 6.15. The van der Waals surface area contributed by atoms with Gasteiger partial charge in [0.25, 0.3) is 0 Å². The highest BCUT2D eigenvalue weighted by Gasteiger charge is 2.02. The SMILES string of the molecule is COc1cc(NCc2nc(C)cs2)ccc1N. The molecule has 5 heteroatoms. The summed E-state index contributed by atoms with van der Waals surface area (Å²) in [6, 6.07) is 5.64. The molecule has 4 nitrogen and oxygen atoms in total. The first-order valence-electron chi connectivity index (χ1n) is 5.27. The number of ether oxygens (including phenoxy) is 1. The summed E-state index contributed by atoms with van der Waals surface area (Å²) in [6.45, 7) is 2.71. The van der Waals surface area contributed by atoms with E-state index in [4.69, 9.17) is 10.5 Å². The van der Waals surface area contributed by atoms with Crippen LogP contribution in [-0.2, 0) is 6.54 Å². The molecule has 1 aromatic carbocycles. The Labute approximate surface area is 104 Å². The minimum atomic E-state index is 0.642. The van der Waals surface area contributed by atoms with Crippen molar-refractivity contribution in [2.45, 2.75) is 13.5 Å². The molecule has 0 aliphatic carbocycles. The van der Waals surface area contributed by atoms with Gasteiger partial charge in [0.05, 0.1) is 19.3 Å². The standard InChI is InChI=1S/C12H15N3OS/c1-8-7-17-12(15-8)6-14-9-3-4-10(13)11(5-9)16-2/h3-5,7,14H,6,13H2,1-2H3. The van der Waals surface area contributed by atoms with Crippen LogP contribution in [0.2, 0.25) is 0 Å². The van der Waals surface area contributed by atoms with Crippen molar-refractivity contribution in [3.05, 3.63) is 34.3 Å². The van der Waals surface area contributed by atoms with E-state index in [9.17, 15) is 0 Å². The third kappa shape index (κ3) is 2.88. The van der Waals surface area contributed by atoms with Crippen LogP contribution in [0.15, 0.2) is 23.6 Å². The predicted octanol–water partition coefficient (Wildman–Crippen LogP) is 2.65. The summed E-state index contributed by atoms with van der Waals surface area (Å²) >= 11 is 1.65. The Morgan fingerprint density at radius 1 is 1.47 bits per heavy atom. The second kappa shape index (κ2) is 5.05. The van der Waals surface area contributed by atoms with Crippen LogP contribution in [0.3, 0.4) is 0 Å². The number of benzene rings is 1. The van der Waals surface area contributed by atoms with Gasteiger partial charge in [0.15, 0.2) is 0 Å². The lowest BCUT2D eigenvalue weighted by Gasteiger charge is -2.08. The summed E-state index contributed by atoms with van der Waals surface area (Å²) in [7, 11) is 1.61. The van der Waals surface area contributed by atoms with Crippen molar-refractivity contribution in [3.63, 3.8) is 0 Å². The minimum absolute atomic E-state index is 0.642. The van der Waals surface area contributed by atoms with E-state index in [0.29, 0.717) is 18.0 Å². The molecule has 1 aromatic heterocycles. The summed E-state index contributed by atoms with van der Waals surface area (Å²) < 4.78 is 5.16. The van der Waals surface area contributed by atoms with Crippen LogP contribution >= 0.6 is 11.3 Å². The van der Waals surface area contributed by atoms with E-state index in [1.54, 1.807) is 18.4 Å². The summed E-state index contributed by atoms with van der Waals surface area (Å²) in [5.74, 6) is 0.685. The lowest BCUT2D eigenvalue weighted by Crippen LogP contribution is -2.00. The molecule has 0 bridgehead atoms. The quantitative estimate of drug-likeness (QED) is 0.818. The Balaban J connectivity index is 2.04. The molecule has 0 saturated carbocycles. The number of aryl methyl sites for hydroxylation is 1. The second-order valence-corrected chi connectivity index (χ2v) is 4.64. The number of rotatable bonds is 4. The first kappa shape index (κ1) is 11.7. The second-order valence-electron chi connectivity index (χ2n) is 3.69. The Kier molecular flexibility index (Phi) is 3.49. The van der Waals surface area contributed by atoms with E-state index in [0.717, 1.165) is 16.4 Å². The maximum absolute atomic E-state index is 5.75. The van der Waals surface area contributed by atoms with Gasteiger partial charge in [-0.05, 0) is 19.1 Å². The zero-order valence-electron chi connectivity index (χ0n) is 9.86. The average molecular weight is 249 g/mol. The number of nitrogens with one attached hydrogen (secondary N) is 1. The molecule has 2 aromatic rings. The minimum Gasteiger partial charge on any atom is -0.495 e. The van der Waals surface area contributed by atoms with Crippen molar-refractivity contribution in [3.8, 4) is 5.75 Å². The molecule has 0 radical (unpaired) electrons. The van der Waals surface area contributed by atoms with E-state index < -0.39 is 0 Å². The van der Waals surface area contributed by atoms with Gasteiger partial charge < -0.3 is 15.8 Å². The third-order valence-corrected chi connectivity index (χ3v) is 3.31. The molecule has 0 spiro atoms. The van der Waals surface area contributed by atoms with Gasteiger partial charge >= 0.3 is 0 Å². The average Bonchev–Trinajstić information content (AvgIpc) is 2.74. The van der Waals surface area contributed by atoms with E-state index in [2.05, 4.69) is 10.3 Å². The monoisotopic (exact) mass is 249 g/mol. The number of nitrogens with two attached hydrogens (primary N) is 1. The summed E-state index contributed by atoms with van der Waals surface area (Å²) in [4.78, 5) is 4.39. The van der Waals surface area contributed by atoms with Crippen molar-refractivity contribution in [2.24, 2.45) is 0 Å². The Morgan fingerprint density at radius 3 is 2.94 bits per heavy atom. The van der Waals surface area contributed by atoms with Gasteiger partial charge in [-0.1, -0.05) is 0 Å². The molecule has 0 saturated heterocycles. The van der Waals surface area contributed by atoms with Crippen LogP contribution in [0.25, 0.3) is 0 Å². The van der Waals surface area contributed by atoms with Gasteiger partial charge in [0.1, 0.15) is 10.8 Å².